The number of methoxy groups -OCH3 is 1. The van der Waals surface area contributed by atoms with Crippen LogP contribution in [0.2, 0.25) is 5.15 Å². The van der Waals surface area contributed by atoms with Gasteiger partial charge in [0.25, 0.3) is 0 Å². The van der Waals surface area contributed by atoms with Gasteiger partial charge in [-0.3, -0.25) is 4.79 Å². The van der Waals surface area contributed by atoms with Gasteiger partial charge in [0.1, 0.15) is 5.82 Å². The highest BCUT2D eigenvalue weighted by Gasteiger charge is 2.30. The van der Waals surface area contributed by atoms with Gasteiger partial charge >= 0.3 is 5.97 Å². The van der Waals surface area contributed by atoms with Crippen molar-refractivity contribution in [2.45, 2.75) is 26.3 Å². The van der Waals surface area contributed by atoms with Crippen molar-refractivity contribution in [3.63, 3.8) is 0 Å². The molecule has 5 heteroatoms. The number of benzene rings is 1. The zero-order valence-corrected chi connectivity index (χ0v) is 12.9. The van der Waals surface area contributed by atoms with E-state index < -0.39 is 0 Å². The number of nitrogens with zero attached hydrogens (tertiary/aromatic N) is 2. The molecule has 1 aromatic carbocycles. The summed E-state index contributed by atoms with van der Waals surface area (Å²) in [4.78, 5) is 16.3. The molecule has 0 N–H and O–H groups in total. The summed E-state index contributed by atoms with van der Waals surface area (Å²) in [5.74, 6) is 0.540. The molecule has 1 atom stereocenters. The van der Waals surface area contributed by atoms with E-state index >= 15 is 0 Å². The topological polar surface area (TPSA) is 44.1 Å². The van der Waals surface area contributed by atoms with Crippen molar-refractivity contribution in [3.05, 3.63) is 40.7 Å². The number of carbonyl (C=O) groups excluding carboxylic acids is 1. The van der Waals surface area contributed by atoms with Crippen molar-refractivity contribution in [3.8, 4) is 11.4 Å². The average molecular weight is 305 g/mol. The van der Waals surface area contributed by atoms with Gasteiger partial charge in [0.05, 0.1) is 18.7 Å². The largest absolute Gasteiger partial charge is 0.469 e. The maximum atomic E-state index is 11.8. The first-order valence-corrected chi connectivity index (χ1v) is 7.38. The van der Waals surface area contributed by atoms with Crippen LogP contribution in [0.15, 0.2) is 24.3 Å². The number of hydrogen-bond donors (Lipinski definition) is 0. The molecule has 0 saturated heterocycles. The van der Waals surface area contributed by atoms with Crippen LogP contribution in [0.3, 0.4) is 0 Å². The van der Waals surface area contributed by atoms with Crippen LogP contribution in [-0.4, -0.2) is 22.6 Å². The Morgan fingerprint density at radius 3 is 2.90 bits per heavy atom. The highest BCUT2D eigenvalue weighted by molar-refractivity contribution is 6.30. The normalized spacial score (nSPS) is 17.4. The van der Waals surface area contributed by atoms with Crippen LogP contribution in [0.1, 0.15) is 17.7 Å². The number of rotatable bonds is 2. The van der Waals surface area contributed by atoms with E-state index in [0.29, 0.717) is 11.7 Å². The second kappa shape index (κ2) is 5.53. The Morgan fingerprint density at radius 1 is 1.43 bits per heavy atom. The molecule has 0 radical (unpaired) electrons. The SMILES string of the molecule is COC(=O)C1CCc2c(Cl)nc(-c3ccccc3C)n2C1. The minimum atomic E-state index is -0.166. The fourth-order valence-electron chi connectivity index (χ4n) is 2.90. The molecular formula is C16H17ClN2O2. The molecule has 1 aliphatic rings. The second-order valence-electron chi connectivity index (χ2n) is 5.36. The lowest BCUT2D eigenvalue weighted by atomic mass is 9.98. The quantitative estimate of drug-likeness (QED) is 0.800. The fourth-order valence-corrected chi connectivity index (χ4v) is 3.18. The summed E-state index contributed by atoms with van der Waals surface area (Å²) in [6, 6.07) is 8.06. The first kappa shape index (κ1) is 14.1. The molecule has 0 fully saturated rings. The van der Waals surface area contributed by atoms with Crippen LogP contribution in [0.25, 0.3) is 11.4 Å². The zero-order chi connectivity index (χ0) is 15.0. The number of fused-ring (bicyclic) bond motifs is 1. The first-order chi connectivity index (χ1) is 10.1. The summed E-state index contributed by atoms with van der Waals surface area (Å²) in [5.41, 5.74) is 3.20. The Bertz CT molecular complexity index is 694. The summed E-state index contributed by atoms with van der Waals surface area (Å²) in [5, 5.41) is 0.538. The summed E-state index contributed by atoms with van der Waals surface area (Å²) in [6.07, 6.45) is 1.50. The molecule has 0 amide bonds. The van der Waals surface area contributed by atoms with Gasteiger partial charge < -0.3 is 9.30 Å². The predicted molar refractivity (Wildman–Crippen MR) is 81.2 cm³/mol. The number of aromatic nitrogens is 2. The maximum absolute atomic E-state index is 11.8. The van der Waals surface area contributed by atoms with E-state index in [9.17, 15) is 4.79 Å². The molecule has 2 heterocycles. The minimum absolute atomic E-state index is 0.129. The molecule has 4 nitrogen and oxygen atoms in total. The Labute approximate surface area is 128 Å². The van der Waals surface area contributed by atoms with Crippen molar-refractivity contribution in [2.75, 3.05) is 7.11 Å². The number of imidazole rings is 1. The van der Waals surface area contributed by atoms with Gasteiger partial charge in [0.15, 0.2) is 5.15 Å². The van der Waals surface area contributed by atoms with Crippen molar-refractivity contribution in [1.29, 1.82) is 0 Å². The van der Waals surface area contributed by atoms with E-state index in [4.69, 9.17) is 16.3 Å². The molecule has 0 spiro atoms. The fraction of sp³-hybridized carbons (Fsp3) is 0.375. The maximum Gasteiger partial charge on any atom is 0.310 e. The second-order valence-corrected chi connectivity index (χ2v) is 5.72. The lowest BCUT2D eigenvalue weighted by Crippen LogP contribution is -2.28. The van der Waals surface area contributed by atoms with E-state index in [2.05, 4.69) is 9.55 Å². The van der Waals surface area contributed by atoms with Crippen LogP contribution in [-0.2, 0) is 22.5 Å². The zero-order valence-electron chi connectivity index (χ0n) is 12.1. The third kappa shape index (κ3) is 2.44. The van der Waals surface area contributed by atoms with Crippen molar-refractivity contribution >= 4 is 17.6 Å². The van der Waals surface area contributed by atoms with Crippen LogP contribution in [0.5, 0.6) is 0 Å². The molecule has 21 heavy (non-hydrogen) atoms. The third-order valence-electron chi connectivity index (χ3n) is 4.08. The van der Waals surface area contributed by atoms with Crippen LogP contribution in [0, 0.1) is 12.8 Å². The number of esters is 1. The third-order valence-corrected chi connectivity index (χ3v) is 4.38. The number of hydrogen-bond acceptors (Lipinski definition) is 3. The Hall–Kier alpha value is -1.81. The van der Waals surface area contributed by atoms with Gasteiger partial charge in [-0.1, -0.05) is 35.9 Å². The number of aryl methyl sites for hydroxylation is 1. The van der Waals surface area contributed by atoms with Crippen LogP contribution >= 0.6 is 11.6 Å². The van der Waals surface area contributed by atoms with E-state index in [0.717, 1.165) is 35.5 Å². The molecule has 1 aromatic heterocycles. The van der Waals surface area contributed by atoms with Crippen molar-refractivity contribution in [2.24, 2.45) is 5.92 Å². The monoisotopic (exact) mass is 304 g/mol. The molecule has 0 saturated carbocycles. The predicted octanol–water partition coefficient (Wildman–Crippen LogP) is 3.25. The molecular weight excluding hydrogens is 288 g/mol. The first-order valence-electron chi connectivity index (χ1n) is 7.00. The van der Waals surface area contributed by atoms with E-state index in [1.807, 2.05) is 31.2 Å². The number of carbonyl (C=O) groups is 1. The van der Waals surface area contributed by atoms with E-state index in [1.165, 1.54) is 7.11 Å². The molecule has 0 bridgehead atoms. The van der Waals surface area contributed by atoms with E-state index in [-0.39, 0.29) is 11.9 Å². The van der Waals surface area contributed by atoms with Crippen LogP contribution < -0.4 is 0 Å². The Morgan fingerprint density at radius 2 is 2.19 bits per heavy atom. The molecule has 1 aliphatic heterocycles. The molecule has 110 valence electrons. The van der Waals surface area contributed by atoms with Crippen molar-refractivity contribution in [1.82, 2.24) is 9.55 Å². The van der Waals surface area contributed by atoms with Crippen LogP contribution in [0.4, 0.5) is 0 Å². The Kier molecular flexibility index (Phi) is 3.72. The molecule has 1 unspecified atom stereocenters. The van der Waals surface area contributed by atoms with Gasteiger partial charge in [0.2, 0.25) is 0 Å². The van der Waals surface area contributed by atoms with Gasteiger partial charge in [-0.15, -0.1) is 0 Å². The molecule has 0 aliphatic carbocycles. The highest BCUT2D eigenvalue weighted by atomic mass is 35.5. The standard InChI is InChI=1S/C16H17ClN2O2/c1-10-5-3-4-6-12(10)15-18-14(17)13-8-7-11(9-19(13)15)16(20)21-2/h3-6,11H,7-9H2,1-2H3. The lowest BCUT2D eigenvalue weighted by Gasteiger charge is -2.24. The molecule has 2 aromatic rings. The molecule has 3 rings (SSSR count). The van der Waals surface area contributed by atoms with Gasteiger partial charge in [-0.05, 0) is 25.3 Å². The highest BCUT2D eigenvalue weighted by Crippen LogP contribution is 2.33. The van der Waals surface area contributed by atoms with Gasteiger partial charge in [-0.25, -0.2) is 4.98 Å². The van der Waals surface area contributed by atoms with Crippen molar-refractivity contribution < 1.29 is 9.53 Å². The summed E-state index contributed by atoms with van der Waals surface area (Å²) < 4.78 is 6.94. The summed E-state index contributed by atoms with van der Waals surface area (Å²) >= 11 is 6.28. The number of halogens is 1. The average Bonchev–Trinajstić information content (AvgIpc) is 2.83. The van der Waals surface area contributed by atoms with E-state index in [1.54, 1.807) is 0 Å². The summed E-state index contributed by atoms with van der Waals surface area (Å²) in [6.45, 7) is 2.62. The van der Waals surface area contributed by atoms with Gasteiger partial charge in [0, 0.05) is 12.1 Å². The number of ether oxygens (including phenoxy) is 1. The minimum Gasteiger partial charge on any atom is -0.469 e. The smallest absolute Gasteiger partial charge is 0.310 e. The Balaban J connectivity index is 2.06. The lowest BCUT2D eigenvalue weighted by molar-refractivity contribution is -0.146. The summed E-state index contributed by atoms with van der Waals surface area (Å²) in [7, 11) is 1.43. The van der Waals surface area contributed by atoms with Gasteiger partial charge in [-0.2, -0.15) is 0 Å².